The minimum Gasteiger partial charge on any atom is -0.479 e. The molecular weight excluding hydrogens is 570 g/mol. The minimum atomic E-state index is -4.81. The summed E-state index contributed by atoms with van der Waals surface area (Å²) in [5.74, 6) is -3.29. The van der Waals surface area contributed by atoms with Gasteiger partial charge >= 0.3 is 18.2 Å². The Morgan fingerprint density at radius 3 is 2.14 bits per heavy atom. The van der Waals surface area contributed by atoms with Crippen molar-refractivity contribution < 1.29 is 42.2 Å². The summed E-state index contributed by atoms with van der Waals surface area (Å²) in [5.41, 5.74) is 1.90. The summed E-state index contributed by atoms with van der Waals surface area (Å²) in [6.45, 7) is -0.501. The molecule has 12 heteroatoms. The van der Waals surface area contributed by atoms with Crippen LogP contribution in [0.2, 0.25) is 0 Å². The summed E-state index contributed by atoms with van der Waals surface area (Å²) in [6, 6.07) is 13.4. The van der Waals surface area contributed by atoms with Crippen LogP contribution in [-0.2, 0) is 11.0 Å². The maximum absolute atomic E-state index is 13.9. The Morgan fingerprint density at radius 2 is 1.56 bits per heavy atom. The molecule has 226 valence electrons. The molecule has 0 aromatic heterocycles. The number of carboxylic acid groups (broad SMARTS) is 1. The maximum atomic E-state index is 13.9. The number of carbonyl (C=O) groups is 3. The number of aliphatic hydroxyl groups is 1. The monoisotopic (exact) mass is 599 g/mol. The van der Waals surface area contributed by atoms with E-state index in [1.165, 1.54) is 17.7 Å². The first-order valence-corrected chi connectivity index (χ1v) is 13.4. The molecule has 5 N–H and O–H groups in total. The van der Waals surface area contributed by atoms with Crippen molar-refractivity contribution in [3.63, 3.8) is 0 Å². The van der Waals surface area contributed by atoms with Crippen LogP contribution in [0.15, 0.2) is 72.8 Å². The van der Waals surface area contributed by atoms with E-state index >= 15 is 0 Å². The predicted molar refractivity (Wildman–Crippen MR) is 151 cm³/mol. The number of nitrogens with one attached hydrogen (secondary N) is 3. The van der Waals surface area contributed by atoms with Crippen LogP contribution < -0.4 is 16.0 Å². The molecule has 43 heavy (non-hydrogen) atoms. The van der Waals surface area contributed by atoms with Gasteiger partial charge in [-0.15, -0.1) is 0 Å². The van der Waals surface area contributed by atoms with E-state index in [9.17, 15) is 37.1 Å². The third-order valence-corrected chi connectivity index (χ3v) is 6.91. The number of alkyl halides is 3. The van der Waals surface area contributed by atoms with E-state index in [-0.39, 0.29) is 5.56 Å². The lowest BCUT2D eigenvalue weighted by Crippen LogP contribution is -2.36. The molecule has 2 atom stereocenters. The standard InChI is InChI=1S/C31H29F4N3O5/c32-24-14-23(31(33,34)35)15-25(16-24)37-30(43)38-27(20-8-6-19(7-9-20)18-4-2-1-3-5-18)21-10-12-22(13-11-21)28(40)36-17-26(39)29(41)42/h4,6-16,26-27,39H,1-3,5,17H2,(H,36,40)(H,41,42)(H2,37,38,43). The molecule has 2 unspecified atom stereocenters. The fourth-order valence-corrected chi connectivity index (χ4v) is 4.68. The van der Waals surface area contributed by atoms with Crippen molar-refractivity contribution in [1.29, 1.82) is 0 Å². The molecule has 0 bridgehead atoms. The van der Waals surface area contributed by atoms with Crippen LogP contribution in [0.1, 0.15) is 64.3 Å². The molecule has 3 aromatic rings. The van der Waals surface area contributed by atoms with Gasteiger partial charge in [0.15, 0.2) is 6.10 Å². The van der Waals surface area contributed by atoms with Crippen molar-refractivity contribution in [3.05, 3.63) is 106 Å². The Bertz CT molecular complexity index is 1510. The maximum Gasteiger partial charge on any atom is 0.416 e. The fourth-order valence-electron chi connectivity index (χ4n) is 4.68. The number of carboxylic acids is 1. The zero-order valence-corrected chi connectivity index (χ0v) is 22.7. The van der Waals surface area contributed by atoms with Gasteiger partial charge < -0.3 is 26.2 Å². The molecule has 4 rings (SSSR count). The SMILES string of the molecule is O=C(Nc1cc(F)cc(C(F)(F)F)c1)NC(c1ccc(C(=O)NCC(O)C(=O)O)cc1)c1ccc(C2=CCCCC2)cc1. The van der Waals surface area contributed by atoms with E-state index in [0.29, 0.717) is 23.3 Å². The van der Waals surface area contributed by atoms with Crippen LogP contribution in [0.25, 0.3) is 5.57 Å². The average molecular weight is 600 g/mol. The van der Waals surface area contributed by atoms with Gasteiger partial charge in [0.25, 0.3) is 5.91 Å². The van der Waals surface area contributed by atoms with Gasteiger partial charge in [-0.25, -0.2) is 14.0 Å². The largest absolute Gasteiger partial charge is 0.479 e. The smallest absolute Gasteiger partial charge is 0.416 e. The van der Waals surface area contributed by atoms with E-state index in [1.807, 2.05) is 24.3 Å². The summed E-state index contributed by atoms with van der Waals surface area (Å²) >= 11 is 0. The van der Waals surface area contributed by atoms with Gasteiger partial charge in [0, 0.05) is 11.3 Å². The number of allylic oxidation sites excluding steroid dienone is 2. The van der Waals surface area contributed by atoms with Crippen molar-refractivity contribution in [2.75, 3.05) is 11.9 Å². The lowest BCUT2D eigenvalue weighted by molar-refractivity contribution is -0.146. The number of anilines is 1. The van der Waals surface area contributed by atoms with Gasteiger partial charge in [-0.3, -0.25) is 4.79 Å². The van der Waals surface area contributed by atoms with Crippen LogP contribution >= 0.6 is 0 Å². The zero-order chi connectivity index (χ0) is 31.1. The predicted octanol–water partition coefficient (Wildman–Crippen LogP) is 5.89. The molecule has 0 spiro atoms. The number of amides is 3. The first-order chi connectivity index (χ1) is 20.4. The van der Waals surface area contributed by atoms with Crippen LogP contribution in [-0.4, -0.2) is 40.8 Å². The number of carbonyl (C=O) groups excluding carboxylic acids is 2. The van der Waals surface area contributed by atoms with Crippen LogP contribution in [0.5, 0.6) is 0 Å². The average Bonchev–Trinajstić information content (AvgIpc) is 2.98. The second-order valence-corrected chi connectivity index (χ2v) is 10.0. The minimum absolute atomic E-state index is 0.156. The van der Waals surface area contributed by atoms with Gasteiger partial charge in [0.1, 0.15) is 5.82 Å². The summed E-state index contributed by atoms with van der Waals surface area (Å²) in [5, 5.41) is 25.4. The van der Waals surface area contributed by atoms with Gasteiger partial charge in [-0.05, 0) is 78.3 Å². The molecule has 0 fully saturated rings. The number of aliphatic hydroxyl groups excluding tert-OH is 1. The fraction of sp³-hybridized carbons (Fsp3) is 0.258. The van der Waals surface area contributed by atoms with Crippen LogP contribution in [0.4, 0.5) is 28.0 Å². The second kappa shape index (κ2) is 13.5. The van der Waals surface area contributed by atoms with E-state index in [0.717, 1.165) is 37.3 Å². The van der Waals surface area contributed by atoms with E-state index < -0.39 is 59.8 Å². The quantitative estimate of drug-likeness (QED) is 0.196. The summed E-state index contributed by atoms with van der Waals surface area (Å²) in [4.78, 5) is 36.2. The molecule has 3 amide bonds. The van der Waals surface area contributed by atoms with Gasteiger partial charge in [0.2, 0.25) is 0 Å². The molecule has 0 aliphatic heterocycles. The summed E-state index contributed by atoms with van der Waals surface area (Å²) < 4.78 is 53.3. The highest BCUT2D eigenvalue weighted by Gasteiger charge is 2.31. The molecule has 3 aromatic carbocycles. The third kappa shape index (κ3) is 8.41. The topological polar surface area (TPSA) is 128 Å². The summed E-state index contributed by atoms with van der Waals surface area (Å²) in [6.07, 6.45) is -0.234. The lowest BCUT2D eigenvalue weighted by Gasteiger charge is -2.22. The molecule has 1 aliphatic rings. The highest BCUT2D eigenvalue weighted by Crippen LogP contribution is 2.32. The second-order valence-electron chi connectivity index (χ2n) is 10.0. The van der Waals surface area contributed by atoms with Crippen molar-refractivity contribution in [2.45, 2.75) is 44.0 Å². The normalized spacial score (nSPS) is 14.7. The van der Waals surface area contributed by atoms with E-state index in [4.69, 9.17) is 5.11 Å². The molecule has 0 radical (unpaired) electrons. The molecule has 0 heterocycles. The van der Waals surface area contributed by atoms with Gasteiger partial charge in [-0.1, -0.05) is 42.5 Å². The zero-order valence-electron chi connectivity index (χ0n) is 22.7. The molecule has 1 aliphatic carbocycles. The molecular formula is C31H29F4N3O5. The van der Waals surface area contributed by atoms with Crippen molar-refractivity contribution in [1.82, 2.24) is 10.6 Å². The number of aliphatic carboxylic acids is 1. The molecule has 8 nitrogen and oxygen atoms in total. The number of hydrogen-bond donors (Lipinski definition) is 5. The van der Waals surface area contributed by atoms with Gasteiger partial charge in [0.05, 0.1) is 18.2 Å². The van der Waals surface area contributed by atoms with Gasteiger partial charge in [-0.2, -0.15) is 13.2 Å². The number of urea groups is 1. The Kier molecular flexibility index (Phi) is 9.81. The Balaban J connectivity index is 1.58. The third-order valence-electron chi connectivity index (χ3n) is 6.91. The van der Waals surface area contributed by atoms with Crippen molar-refractivity contribution in [3.8, 4) is 0 Å². The highest BCUT2D eigenvalue weighted by molar-refractivity contribution is 5.94. The lowest BCUT2D eigenvalue weighted by atomic mass is 9.91. The Labute approximate surface area is 244 Å². The van der Waals surface area contributed by atoms with Crippen LogP contribution in [0.3, 0.4) is 0 Å². The first kappa shape index (κ1) is 31.2. The Hall–Kier alpha value is -4.71. The molecule has 0 saturated carbocycles. The van der Waals surface area contributed by atoms with E-state index in [2.05, 4.69) is 22.0 Å². The van der Waals surface area contributed by atoms with E-state index in [1.54, 1.807) is 12.1 Å². The van der Waals surface area contributed by atoms with Crippen LogP contribution in [0, 0.1) is 5.82 Å². The number of rotatable bonds is 9. The highest BCUT2D eigenvalue weighted by atomic mass is 19.4. The Morgan fingerprint density at radius 1 is 0.907 bits per heavy atom. The number of hydrogen-bond acceptors (Lipinski definition) is 4. The number of halogens is 4. The summed E-state index contributed by atoms with van der Waals surface area (Å²) in [7, 11) is 0. The molecule has 0 saturated heterocycles. The van der Waals surface area contributed by atoms with Crippen molar-refractivity contribution >= 4 is 29.2 Å². The number of benzene rings is 3. The van der Waals surface area contributed by atoms with Crippen molar-refractivity contribution in [2.24, 2.45) is 0 Å². The first-order valence-electron chi connectivity index (χ1n) is 13.4.